The van der Waals surface area contributed by atoms with Gasteiger partial charge in [-0.2, -0.15) is 0 Å². The topological polar surface area (TPSA) is 30.5 Å². The summed E-state index contributed by atoms with van der Waals surface area (Å²) in [7, 11) is 0. The molecule has 92 valence electrons. The minimum absolute atomic E-state index is 0.570. The molecule has 0 aliphatic carbocycles. The van der Waals surface area contributed by atoms with Crippen LogP contribution < -0.4 is 14.8 Å². The van der Waals surface area contributed by atoms with Crippen LogP contribution in [0.2, 0.25) is 0 Å². The molecule has 2 aliphatic rings. The highest BCUT2D eigenvalue weighted by atomic mass is 16.6. The first-order valence-electron chi connectivity index (χ1n) is 6.46. The number of nitrogens with one attached hydrogen (secondary N) is 1. The first kappa shape index (κ1) is 10.9. The maximum atomic E-state index is 5.84. The van der Waals surface area contributed by atoms with Gasteiger partial charge in [-0.15, -0.1) is 0 Å². The Morgan fingerprint density at radius 2 is 2.12 bits per heavy atom. The van der Waals surface area contributed by atoms with Crippen LogP contribution in [0.1, 0.15) is 29.9 Å². The van der Waals surface area contributed by atoms with E-state index in [0.717, 1.165) is 24.6 Å². The second-order valence-corrected chi connectivity index (χ2v) is 4.86. The average molecular weight is 233 g/mol. The Morgan fingerprint density at radius 1 is 1.24 bits per heavy atom. The van der Waals surface area contributed by atoms with Crippen molar-refractivity contribution in [1.29, 1.82) is 0 Å². The largest absolute Gasteiger partial charge is 0.486 e. The molecule has 1 N–H and O–H groups in total. The van der Waals surface area contributed by atoms with Gasteiger partial charge in [-0.25, -0.2) is 0 Å². The van der Waals surface area contributed by atoms with Crippen molar-refractivity contribution in [3.63, 3.8) is 0 Å². The molecule has 0 spiro atoms. The second-order valence-electron chi connectivity index (χ2n) is 4.86. The van der Waals surface area contributed by atoms with Gasteiger partial charge < -0.3 is 14.8 Å². The van der Waals surface area contributed by atoms with Gasteiger partial charge in [-0.3, -0.25) is 0 Å². The molecular weight excluding hydrogens is 214 g/mol. The first-order chi connectivity index (χ1) is 8.36. The highest BCUT2D eigenvalue weighted by Crippen LogP contribution is 2.41. The van der Waals surface area contributed by atoms with Gasteiger partial charge in [0.05, 0.1) is 0 Å². The molecule has 2 heterocycles. The van der Waals surface area contributed by atoms with E-state index in [0.29, 0.717) is 19.1 Å². The van der Waals surface area contributed by atoms with E-state index in [1.165, 1.54) is 24.0 Å². The minimum Gasteiger partial charge on any atom is -0.486 e. The molecule has 2 aliphatic heterocycles. The van der Waals surface area contributed by atoms with Crippen LogP contribution in [-0.4, -0.2) is 26.3 Å². The third-order valence-corrected chi connectivity index (χ3v) is 3.67. The van der Waals surface area contributed by atoms with E-state index in [1.807, 2.05) is 6.07 Å². The molecule has 0 bridgehead atoms. The lowest BCUT2D eigenvalue weighted by molar-refractivity contribution is 0.168. The van der Waals surface area contributed by atoms with E-state index in [1.54, 1.807) is 0 Å². The summed E-state index contributed by atoms with van der Waals surface area (Å²) >= 11 is 0. The van der Waals surface area contributed by atoms with Gasteiger partial charge in [0.25, 0.3) is 0 Å². The van der Waals surface area contributed by atoms with E-state index in [4.69, 9.17) is 9.47 Å². The summed E-state index contributed by atoms with van der Waals surface area (Å²) in [4.78, 5) is 0. The van der Waals surface area contributed by atoms with Crippen molar-refractivity contribution in [3.8, 4) is 11.5 Å². The van der Waals surface area contributed by atoms with Crippen LogP contribution in [0.25, 0.3) is 0 Å². The standard InChI is InChI=1S/C14H19NO2/c1-10-4-5-12-14(17-8-7-16-12)13(10)11-3-2-6-15-9-11/h4-5,11,15H,2-3,6-9H2,1H3. The number of hydrogen-bond donors (Lipinski definition) is 1. The third kappa shape index (κ3) is 2.00. The molecule has 3 rings (SSSR count). The Labute approximate surface area is 102 Å². The highest BCUT2D eigenvalue weighted by molar-refractivity contribution is 5.53. The number of fused-ring (bicyclic) bond motifs is 1. The molecule has 3 heteroatoms. The zero-order valence-corrected chi connectivity index (χ0v) is 10.3. The number of benzene rings is 1. The number of rotatable bonds is 1. The van der Waals surface area contributed by atoms with Crippen LogP contribution in [0.5, 0.6) is 11.5 Å². The molecule has 0 saturated carbocycles. The first-order valence-corrected chi connectivity index (χ1v) is 6.46. The summed E-state index contributed by atoms with van der Waals surface area (Å²) in [5, 5.41) is 3.47. The van der Waals surface area contributed by atoms with Crippen molar-refractivity contribution >= 4 is 0 Å². The fraction of sp³-hybridized carbons (Fsp3) is 0.571. The molecule has 1 atom stereocenters. The van der Waals surface area contributed by atoms with E-state index >= 15 is 0 Å². The van der Waals surface area contributed by atoms with Crippen LogP contribution >= 0.6 is 0 Å². The van der Waals surface area contributed by atoms with E-state index in [-0.39, 0.29) is 0 Å². The maximum absolute atomic E-state index is 5.84. The van der Waals surface area contributed by atoms with Gasteiger partial charge in [-0.1, -0.05) is 6.07 Å². The van der Waals surface area contributed by atoms with Crippen molar-refractivity contribution in [2.24, 2.45) is 0 Å². The van der Waals surface area contributed by atoms with Crippen LogP contribution in [0.4, 0.5) is 0 Å². The van der Waals surface area contributed by atoms with Crippen molar-refractivity contribution < 1.29 is 9.47 Å². The van der Waals surface area contributed by atoms with E-state index < -0.39 is 0 Å². The maximum Gasteiger partial charge on any atom is 0.165 e. The molecule has 1 fully saturated rings. The Kier molecular flexibility index (Phi) is 2.93. The normalized spacial score (nSPS) is 23.5. The minimum atomic E-state index is 0.570. The molecule has 3 nitrogen and oxygen atoms in total. The molecule has 1 unspecified atom stereocenters. The van der Waals surface area contributed by atoms with E-state index in [2.05, 4.69) is 18.3 Å². The fourth-order valence-corrected chi connectivity index (χ4v) is 2.84. The smallest absolute Gasteiger partial charge is 0.165 e. The van der Waals surface area contributed by atoms with Gasteiger partial charge in [0, 0.05) is 18.0 Å². The predicted octanol–water partition coefficient (Wildman–Crippen LogP) is 2.23. The molecule has 1 aromatic rings. The Morgan fingerprint density at radius 3 is 2.94 bits per heavy atom. The molecule has 0 aromatic heterocycles. The lowest BCUT2D eigenvalue weighted by atomic mass is 9.87. The van der Waals surface area contributed by atoms with Crippen LogP contribution in [-0.2, 0) is 0 Å². The lowest BCUT2D eigenvalue weighted by Crippen LogP contribution is -2.29. The van der Waals surface area contributed by atoms with Crippen molar-refractivity contribution in [3.05, 3.63) is 23.3 Å². The molecular formula is C14H19NO2. The van der Waals surface area contributed by atoms with Crippen LogP contribution in [0, 0.1) is 6.92 Å². The summed E-state index contributed by atoms with van der Waals surface area (Å²) in [5.74, 6) is 2.48. The zero-order valence-electron chi connectivity index (χ0n) is 10.3. The van der Waals surface area contributed by atoms with E-state index in [9.17, 15) is 0 Å². The van der Waals surface area contributed by atoms with Crippen molar-refractivity contribution in [2.75, 3.05) is 26.3 Å². The van der Waals surface area contributed by atoms with Gasteiger partial charge in [-0.05, 0) is 37.9 Å². The third-order valence-electron chi connectivity index (χ3n) is 3.67. The SMILES string of the molecule is Cc1ccc2c(c1C1CCCNC1)OCCO2. The number of aryl methyl sites for hydroxylation is 1. The number of piperidine rings is 1. The molecule has 1 aromatic carbocycles. The number of ether oxygens (including phenoxy) is 2. The monoisotopic (exact) mass is 233 g/mol. The summed E-state index contributed by atoms with van der Waals surface area (Å²) in [6, 6.07) is 4.18. The number of hydrogen-bond acceptors (Lipinski definition) is 3. The molecule has 0 radical (unpaired) electrons. The van der Waals surface area contributed by atoms with Gasteiger partial charge in [0.1, 0.15) is 13.2 Å². The average Bonchev–Trinajstić information content (AvgIpc) is 2.39. The Balaban J connectivity index is 2.01. The summed E-state index contributed by atoms with van der Waals surface area (Å²) in [6.07, 6.45) is 2.49. The quantitative estimate of drug-likeness (QED) is 0.807. The van der Waals surface area contributed by atoms with Gasteiger partial charge >= 0.3 is 0 Å². The zero-order chi connectivity index (χ0) is 11.7. The second kappa shape index (κ2) is 4.57. The molecule has 17 heavy (non-hydrogen) atoms. The van der Waals surface area contributed by atoms with Crippen LogP contribution in [0.3, 0.4) is 0 Å². The lowest BCUT2D eigenvalue weighted by Gasteiger charge is -2.29. The molecule has 0 amide bonds. The van der Waals surface area contributed by atoms with Crippen molar-refractivity contribution in [1.82, 2.24) is 5.32 Å². The predicted molar refractivity (Wildman–Crippen MR) is 67.0 cm³/mol. The van der Waals surface area contributed by atoms with Crippen molar-refractivity contribution in [2.45, 2.75) is 25.7 Å². The fourth-order valence-electron chi connectivity index (χ4n) is 2.84. The molecule has 1 saturated heterocycles. The van der Waals surface area contributed by atoms with Crippen LogP contribution in [0.15, 0.2) is 12.1 Å². The Bertz CT molecular complexity index is 411. The highest BCUT2D eigenvalue weighted by Gasteiger charge is 2.25. The summed E-state index contributed by atoms with van der Waals surface area (Å²) in [6.45, 7) is 5.70. The summed E-state index contributed by atoms with van der Waals surface area (Å²) in [5.41, 5.74) is 2.68. The van der Waals surface area contributed by atoms with Gasteiger partial charge in [0.15, 0.2) is 11.5 Å². The Hall–Kier alpha value is -1.22. The van der Waals surface area contributed by atoms with Gasteiger partial charge in [0.2, 0.25) is 0 Å². The summed E-state index contributed by atoms with van der Waals surface area (Å²) < 4.78 is 11.5.